The third kappa shape index (κ3) is 2.59. The van der Waals surface area contributed by atoms with Crippen molar-refractivity contribution in [1.29, 1.82) is 0 Å². The van der Waals surface area contributed by atoms with Gasteiger partial charge in [0.15, 0.2) is 5.76 Å². The SMILES string of the molecule is Cc1noc(C)c1S(=O)(=O)N[C@@H]1CCCC[C@H]1C. The first-order valence-electron chi connectivity index (χ1n) is 6.37. The Morgan fingerprint density at radius 3 is 2.50 bits per heavy atom. The minimum Gasteiger partial charge on any atom is -0.360 e. The van der Waals surface area contributed by atoms with Gasteiger partial charge < -0.3 is 4.52 Å². The van der Waals surface area contributed by atoms with E-state index < -0.39 is 10.0 Å². The summed E-state index contributed by atoms with van der Waals surface area (Å²) in [5, 5.41) is 3.70. The summed E-state index contributed by atoms with van der Waals surface area (Å²) in [6.45, 7) is 5.37. The number of hydrogen-bond donors (Lipinski definition) is 1. The zero-order chi connectivity index (χ0) is 13.3. The molecule has 1 aliphatic carbocycles. The molecule has 1 N–H and O–H groups in total. The maximum atomic E-state index is 12.3. The van der Waals surface area contributed by atoms with Gasteiger partial charge in [-0.15, -0.1) is 0 Å². The molecule has 2 atom stereocenters. The van der Waals surface area contributed by atoms with Crippen molar-refractivity contribution in [2.45, 2.75) is 57.4 Å². The molecule has 0 saturated heterocycles. The zero-order valence-corrected chi connectivity index (χ0v) is 11.9. The van der Waals surface area contributed by atoms with Crippen LogP contribution in [0.1, 0.15) is 44.1 Å². The molecule has 1 aromatic heterocycles. The van der Waals surface area contributed by atoms with Crippen molar-refractivity contribution >= 4 is 10.0 Å². The van der Waals surface area contributed by atoms with Gasteiger partial charge in [-0.3, -0.25) is 0 Å². The first kappa shape index (κ1) is 13.5. The van der Waals surface area contributed by atoms with Gasteiger partial charge in [-0.1, -0.05) is 24.9 Å². The van der Waals surface area contributed by atoms with Crippen LogP contribution in [0.4, 0.5) is 0 Å². The number of sulfonamides is 1. The van der Waals surface area contributed by atoms with Crippen LogP contribution in [-0.2, 0) is 10.0 Å². The summed E-state index contributed by atoms with van der Waals surface area (Å²) in [7, 11) is -3.52. The first-order chi connectivity index (χ1) is 8.42. The summed E-state index contributed by atoms with van der Waals surface area (Å²) >= 11 is 0. The predicted molar refractivity (Wildman–Crippen MR) is 67.7 cm³/mol. The van der Waals surface area contributed by atoms with Crippen molar-refractivity contribution in [2.75, 3.05) is 0 Å². The highest BCUT2D eigenvalue weighted by molar-refractivity contribution is 7.89. The van der Waals surface area contributed by atoms with Crippen molar-refractivity contribution in [2.24, 2.45) is 5.92 Å². The van der Waals surface area contributed by atoms with Crippen molar-refractivity contribution in [3.63, 3.8) is 0 Å². The average Bonchev–Trinajstić information content (AvgIpc) is 2.62. The van der Waals surface area contributed by atoms with Gasteiger partial charge in [0.25, 0.3) is 0 Å². The number of aryl methyl sites for hydroxylation is 2. The van der Waals surface area contributed by atoms with E-state index in [1.54, 1.807) is 13.8 Å². The van der Waals surface area contributed by atoms with Crippen LogP contribution in [-0.4, -0.2) is 19.6 Å². The van der Waals surface area contributed by atoms with Crippen molar-refractivity contribution in [3.8, 4) is 0 Å². The molecule has 5 nitrogen and oxygen atoms in total. The predicted octanol–water partition coefficient (Wildman–Crippen LogP) is 2.15. The monoisotopic (exact) mass is 272 g/mol. The highest BCUT2D eigenvalue weighted by Crippen LogP contribution is 2.26. The molecular formula is C12H20N2O3S. The number of nitrogens with zero attached hydrogens (tertiary/aromatic N) is 1. The van der Waals surface area contributed by atoms with E-state index in [4.69, 9.17) is 4.52 Å². The second kappa shape index (κ2) is 5.01. The van der Waals surface area contributed by atoms with E-state index in [-0.39, 0.29) is 10.9 Å². The summed E-state index contributed by atoms with van der Waals surface area (Å²) in [5.74, 6) is 0.734. The highest BCUT2D eigenvalue weighted by atomic mass is 32.2. The Labute approximate surface area is 108 Å². The van der Waals surface area contributed by atoms with Gasteiger partial charge in [0, 0.05) is 6.04 Å². The molecule has 1 fully saturated rings. The molecule has 0 spiro atoms. The molecule has 1 saturated carbocycles. The normalized spacial score (nSPS) is 25.3. The lowest BCUT2D eigenvalue weighted by atomic mass is 9.87. The second-order valence-corrected chi connectivity index (χ2v) is 6.79. The third-order valence-electron chi connectivity index (χ3n) is 3.65. The quantitative estimate of drug-likeness (QED) is 0.915. The third-order valence-corrected chi connectivity index (χ3v) is 5.39. The molecule has 0 aliphatic heterocycles. The van der Waals surface area contributed by atoms with Gasteiger partial charge in [0.05, 0.1) is 0 Å². The lowest BCUT2D eigenvalue weighted by molar-refractivity contribution is 0.310. The Bertz CT molecular complexity index is 502. The Balaban J connectivity index is 2.22. The van der Waals surface area contributed by atoms with Crippen LogP contribution in [0.2, 0.25) is 0 Å². The summed E-state index contributed by atoms with van der Waals surface area (Å²) in [6.07, 6.45) is 4.25. The Hall–Kier alpha value is -0.880. The fraction of sp³-hybridized carbons (Fsp3) is 0.750. The first-order valence-corrected chi connectivity index (χ1v) is 7.85. The van der Waals surface area contributed by atoms with E-state index in [0.717, 1.165) is 19.3 Å². The molecule has 6 heteroatoms. The summed E-state index contributed by atoms with van der Waals surface area (Å²) in [4.78, 5) is 0.195. The molecule has 0 amide bonds. The van der Waals surface area contributed by atoms with E-state index in [2.05, 4.69) is 16.8 Å². The van der Waals surface area contributed by atoms with Gasteiger partial charge in [-0.25, -0.2) is 13.1 Å². The fourth-order valence-corrected chi connectivity index (χ4v) is 4.32. The van der Waals surface area contributed by atoms with Gasteiger partial charge in [-0.2, -0.15) is 0 Å². The van der Waals surface area contributed by atoms with Crippen molar-refractivity contribution in [3.05, 3.63) is 11.5 Å². The van der Waals surface area contributed by atoms with E-state index in [1.807, 2.05) is 0 Å². The van der Waals surface area contributed by atoms with Gasteiger partial charge in [0.2, 0.25) is 10.0 Å². The van der Waals surface area contributed by atoms with E-state index in [0.29, 0.717) is 17.4 Å². The minimum absolute atomic E-state index is 0.0254. The van der Waals surface area contributed by atoms with Crippen LogP contribution in [0, 0.1) is 19.8 Å². The largest absolute Gasteiger partial charge is 0.360 e. The molecule has 1 aliphatic rings. The number of hydrogen-bond acceptors (Lipinski definition) is 4. The number of aromatic nitrogens is 1. The lowest BCUT2D eigenvalue weighted by Crippen LogP contribution is -2.41. The maximum absolute atomic E-state index is 12.3. The molecule has 0 radical (unpaired) electrons. The molecule has 102 valence electrons. The molecular weight excluding hydrogens is 252 g/mol. The van der Waals surface area contributed by atoms with Crippen LogP contribution in [0.25, 0.3) is 0 Å². The number of nitrogens with one attached hydrogen (secondary N) is 1. The van der Waals surface area contributed by atoms with Gasteiger partial charge in [0.1, 0.15) is 10.6 Å². The lowest BCUT2D eigenvalue weighted by Gasteiger charge is -2.29. The number of rotatable bonds is 3. The average molecular weight is 272 g/mol. The van der Waals surface area contributed by atoms with Crippen LogP contribution < -0.4 is 4.72 Å². The summed E-state index contributed by atoms with van der Waals surface area (Å²) in [5.41, 5.74) is 0.420. The van der Waals surface area contributed by atoms with Crippen molar-refractivity contribution < 1.29 is 12.9 Å². The molecule has 1 heterocycles. The Morgan fingerprint density at radius 1 is 1.28 bits per heavy atom. The van der Waals surface area contributed by atoms with Crippen molar-refractivity contribution in [1.82, 2.24) is 9.88 Å². The van der Waals surface area contributed by atoms with Crippen LogP contribution in [0.5, 0.6) is 0 Å². The fourth-order valence-electron chi connectivity index (χ4n) is 2.61. The second-order valence-electron chi connectivity index (χ2n) is 5.14. The van der Waals surface area contributed by atoms with Crippen LogP contribution >= 0.6 is 0 Å². The van der Waals surface area contributed by atoms with E-state index in [9.17, 15) is 8.42 Å². The minimum atomic E-state index is -3.52. The molecule has 0 aromatic carbocycles. The van der Waals surface area contributed by atoms with Gasteiger partial charge in [-0.05, 0) is 32.6 Å². The van der Waals surface area contributed by atoms with E-state index in [1.165, 1.54) is 6.42 Å². The van der Waals surface area contributed by atoms with Crippen LogP contribution in [0.15, 0.2) is 9.42 Å². The molecule has 1 aromatic rings. The Morgan fingerprint density at radius 2 is 1.94 bits per heavy atom. The molecule has 18 heavy (non-hydrogen) atoms. The summed E-state index contributed by atoms with van der Waals surface area (Å²) in [6, 6.07) is 0.0254. The smallest absolute Gasteiger partial charge is 0.246 e. The van der Waals surface area contributed by atoms with Gasteiger partial charge >= 0.3 is 0 Å². The zero-order valence-electron chi connectivity index (χ0n) is 11.1. The molecule has 2 rings (SSSR count). The molecule has 0 unspecified atom stereocenters. The van der Waals surface area contributed by atoms with Crippen LogP contribution in [0.3, 0.4) is 0 Å². The Kier molecular flexibility index (Phi) is 3.77. The topological polar surface area (TPSA) is 72.2 Å². The standard InChI is InChI=1S/C12H20N2O3S/c1-8-6-4-5-7-11(8)14-18(15,16)12-9(2)13-17-10(12)3/h8,11,14H,4-7H2,1-3H3/t8-,11-/m1/s1. The van der Waals surface area contributed by atoms with E-state index >= 15 is 0 Å². The highest BCUT2D eigenvalue weighted by Gasteiger charge is 2.30. The summed E-state index contributed by atoms with van der Waals surface area (Å²) < 4.78 is 32.4. The maximum Gasteiger partial charge on any atom is 0.246 e. The molecule has 0 bridgehead atoms.